The van der Waals surface area contributed by atoms with Crippen LogP contribution in [-0.2, 0) is 16.2 Å². The fourth-order valence-electron chi connectivity index (χ4n) is 0.724. The lowest BCUT2D eigenvalue weighted by Gasteiger charge is -1.94. The van der Waals surface area contributed by atoms with E-state index in [-0.39, 0.29) is 0 Å². The normalized spacial score (nSPS) is 8.57. The highest BCUT2D eigenvalue weighted by Crippen LogP contribution is 2.00. The van der Waals surface area contributed by atoms with E-state index in [1.807, 2.05) is 0 Å². The van der Waals surface area contributed by atoms with Crippen LogP contribution in [0.4, 0.5) is 0 Å². The summed E-state index contributed by atoms with van der Waals surface area (Å²) in [4.78, 5) is 13.1. The quantitative estimate of drug-likeness (QED) is 0.653. The maximum absolute atomic E-state index is 9.47. The van der Waals surface area contributed by atoms with Gasteiger partial charge in [0.15, 0.2) is 0 Å². The summed E-state index contributed by atoms with van der Waals surface area (Å²) in [5, 5.41) is 0. The summed E-state index contributed by atoms with van der Waals surface area (Å²) >= 11 is 0. The van der Waals surface area contributed by atoms with Gasteiger partial charge in [-0.3, -0.25) is 4.79 Å². The number of benzene rings is 1. The van der Waals surface area contributed by atoms with Crippen molar-refractivity contribution in [1.82, 2.24) is 0 Å². The first-order valence-corrected chi connectivity index (χ1v) is 4.23. The van der Waals surface area contributed by atoms with E-state index < -0.39 is 5.97 Å². The van der Waals surface area contributed by atoms with Crippen LogP contribution >= 0.6 is 0 Å². The SMILES string of the molecule is CC(=O)ON.Cc1ccc(CN)cc1. The van der Waals surface area contributed by atoms with Crippen molar-refractivity contribution in [2.45, 2.75) is 20.4 Å². The van der Waals surface area contributed by atoms with Crippen LogP contribution < -0.4 is 11.6 Å². The summed E-state index contributed by atoms with van der Waals surface area (Å²) in [5.41, 5.74) is 7.88. The number of hydrogen-bond acceptors (Lipinski definition) is 4. The van der Waals surface area contributed by atoms with Gasteiger partial charge >= 0.3 is 5.97 Å². The molecule has 0 amide bonds. The summed E-state index contributed by atoms with van der Waals surface area (Å²) < 4.78 is 0. The fourth-order valence-corrected chi connectivity index (χ4v) is 0.724. The van der Waals surface area contributed by atoms with Crippen LogP contribution in [0.3, 0.4) is 0 Å². The van der Waals surface area contributed by atoms with Gasteiger partial charge in [0.25, 0.3) is 0 Å². The molecule has 0 spiro atoms. The minimum absolute atomic E-state index is 0.468. The monoisotopic (exact) mass is 196 g/mol. The lowest BCUT2D eigenvalue weighted by molar-refractivity contribution is -0.141. The summed E-state index contributed by atoms with van der Waals surface area (Å²) in [6, 6.07) is 8.25. The molecule has 78 valence electrons. The topological polar surface area (TPSA) is 78.3 Å². The average Bonchev–Trinajstić information content (AvgIpc) is 2.20. The summed E-state index contributed by atoms with van der Waals surface area (Å²) in [5.74, 6) is 3.85. The molecule has 1 aromatic rings. The van der Waals surface area contributed by atoms with Gasteiger partial charge in [-0.1, -0.05) is 29.8 Å². The number of carbonyl (C=O) groups excluding carboxylic acids is 1. The van der Waals surface area contributed by atoms with Crippen LogP contribution in [0.25, 0.3) is 0 Å². The van der Waals surface area contributed by atoms with E-state index in [1.165, 1.54) is 18.1 Å². The molecule has 4 heteroatoms. The van der Waals surface area contributed by atoms with E-state index in [1.54, 1.807) is 0 Å². The van der Waals surface area contributed by atoms with E-state index >= 15 is 0 Å². The first-order chi connectivity index (χ1) is 6.60. The zero-order chi connectivity index (χ0) is 11.0. The standard InChI is InChI=1S/C8H11N.C2H5NO2/c1-7-2-4-8(6-9)5-3-7;1-2(4)5-3/h2-5H,6,9H2,1H3;3H2,1H3. The predicted octanol–water partition coefficient (Wildman–Crippen LogP) is 0.877. The number of rotatable bonds is 1. The molecule has 0 saturated carbocycles. The molecule has 4 nitrogen and oxygen atoms in total. The number of aryl methyl sites for hydroxylation is 1. The second kappa shape index (κ2) is 7.06. The third-order valence-electron chi connectivity index (χ3n) is 1.52. The lowest BCUT2D eigenvalue weighted by Crippen LogP contribution is -2.03. The Balaban J connectivity index is 0.000000292. The van der Waals surface area contributed by atoms with Crippen LogP contribution in [0.15, 0.2) is 24.3 Å². The van der Waals surface area contributed by atoms with E-state index in [9.17, 15) is 4.79 Å². The second-order valence-corrected chi connectivity index (χ2v) is 2.80. The van der Waals surface area contributed by atoms with Gasteiger partial charge in [0.2, 0.25) is 0 Å². The number of hydrogen-bond donors (Lipinski definition) is 2. The Hall–Kier alpha value is -1.39. The molecule has 1 rings (SSSR count). The zero-order valence-corrected chi connectivity index (χ0v) is 8.49. The Morgan fingerprint density at radius 3 is 2.07 bits per heavy atom. The van der Waals surface area contributed by atoms with Crippen molar-refractivity contribution in [2.24, 2.45) is 11.6 Å². The van der Waals surface area contributed by atoms with Crippen molar-refractivity contribution in [3.63, 3.8) is 0 Å². The molecular weight excluding hydrogens is 180 g/mol. The Bertz CT molecular complexity index is 270. The minimum atomic E-state index is -0.468. The van der Waals surface area contributed by atoms with Gasteiger partial charge in [0.1, 0.15) is 0 Å². The Morgan fingerprint density at radius 2 is 1.79 bits per heavy atom. The molecule has 0 aromatic heterocycles. The summed E-state index contributed by atoms with van der Waals surface area (Å²) in [7, 11) is 0. The summed E-state index contributed by atoms with van der Waals surface area (Å²) in [6.07, 6.45) is 0. The Kier molecular flexibility index (Phi) is 6.36. The Morgan fingerprint density at radius 1 is 1.36 bits per heavy atom. The van der Waals surface area contributed by atoms with Crippen molar-refractivity contribution in [2.75, 3.05) is 0 Å². The molecule has 0 aliphatic rings. The molecular formula is C10H16N2O2. The molecule has 0 aliphatic heterocycles. The van der Waals surface area contributed by atoms with Crippen molar-refractivity contribution in [3.8, 4) is 0 Å². The smallest absolute Gasteiger partial charge is 0.321 e. The minimum Gasteiger partial charge on any atom is -0.374 e. The molecule has 14 heavy (non-hydrogen) atoms. The van der Waals surface area contributed by atoms with Crippen LogP contribution in [0, 0.1) is 6.92 Å². The van der Waals surface area contributed by atoms with Crippen LogP contribution in [0.1, 0.15) is 18.1 Å². The molecule has 1 aromatic carbocycles. The lowest BCUT2D eigenvalue weighted by atomic mass is 10.2. The van der Waals surface area contributed by atoms with Gasteiger partial charge in [0, 0.05) is 13.5 Å². The van der Waals surface area contributed by atoms with Crippen LogP contribution in [0.5, 0.6) is 0 Å². The maximum atomic E-state index is 9.47. The zero-order valence-electron chi connectivity index (χ0n) is 8.49. The second-order valence-electron chi connectivity index (χ2n) is 2.80. The number of nitrogens with two attached hydrogens (primary N) is 2. The van der Waals surface area contributed by atoms with Gasteiger partial charge in [-0.05, 0) is 12.5 Å². The Labute approximate surface area is 83.8 Å². The van der Waals surface area contributed by atoms with Gasteiger partial charge in [0.05, 0.1) is 0 Å². The van der Waals surface area contributed by atoms with Gasteiger partial charge < -0.3 is 10.6 Å². The van der Waals surface area contributed by atoms with Gasteiger partial charge in [-0.2, -0.15) is 5.90 Å². The summed E-state index contributed by atoms with van der Waals surface area (Å²) in [6.45, 7) is 3.95. The highest BCUT2D eigenvalue weighted by atomic mass is 16.7. The molecule has 0 saturated heterocycles. The van der Waals surface area contributed by atoms with Gasteiger partial charge in [-0.25, -0.2) is 0 Å². The molecule has 0 bridgehead atoms. The average molecular weight is 196 g/mol. The highest BCUT2D eigenvalue weighted by Gasteiger charge is 1.85. The van der Waals surface area contributed by atoms with Gasteiger partial charge in [-0.15, -0.1) is 0 Å². The first-order valence-electron chi connectivity index (χ1n) is 4.23. The molecule has 0 aliphatic carbocycles. The predicted molar refractivity (Wildman–Crippen MR) is 55.0 cm³/mol. The molecule has 0 heterocycles. The van der Waals surface area contributed by atoms with E-state index in [0.717, 1.165) is 0 Å². The van der Waals surface area contributed by atoms with Crippen LogP contribution in [0.2, 0.25) is 0 Å². The first kappa shape index (κ1) is 12.6. The maximum Gasteiger partial charge on any atom is 0.321 e. The largest absolute Gasteiger partial charge is 0.374 e. The molecule has 4 N–H and O–H groups in total. The molecule has 0 unspecified atom stereocenters. The molecule has 0 fully saturated rings. The van der Waals surface area contributed by atoms with Crippen molar-refractivity contribution in [1.29, 1.82) is 0 Å². The van der Waals surface area contributed by atoms with Crippen LogP contribution in [-0.4, -0.2) is 5.97 Å². The van der Waals surface area contributed by atoms with Crippen molar-refractivity contribution in [3.05, 3.63) is 35.4 Å². The fraction of sp³-hybridized carbons (Fsp3) is 0.300. The van der Waals surface area contributed by atoms with E-state index in [4.69, 9.17) is 5.73 Å². The van der Waals surface area contributed by atoms with E-state index in [0.29, 0.717) is 6.54 Å². The highest BCUT2D eigenvalue weighted by molar-refractivity contribution is 5.65. The third-order valence-corrected chi connectivity index (χ3v) is 1.52. The molecule has 0 atom stereocenters. The third kappa shape index (κ3) is 6.16. The van der Waals surface area contributed by atoms with Crippen molar-refractivity contribution < 1.29 is 9.63 Å². The molecule has 0 radical (unpaired) electrons. The van der Waals surface area contributed by atoms with E-state index in [2.05, 4.69) is 41.9 Å². The number of carbonyl (C=O) groups is 1. The van der Waals surface area contributed by atoms with Crippen molar-refractivity contribution >= 4 is 5.97 Å².